The van der Waals surface area contributed by atoms with Crippen LogP contribution in [-0.2, 0) is 28.6 Å². The first kappa shape index (κ1) is 79.2. The van der Waals surface area contributed by atoms with Crippen molar-refractivity contribution in [2.24, 2.45) is 0 Å². The van der Waals surface area contributed by atoms with E-state index in [4.69, 9.17) is 14.2 Å². The van der Waals surface area contributed by atoms with Crippen LogP contribution in [0, 0.1) is 0 Å². The zero-order valence-electron chi connectivity index (χ0n) is 55.4. The summed E-state index contributed by atoms with van der Waals surface area (Å²) in [4.78, 5) is 38.3. The predicted octanol–water partition coefficient (Wildman–Crippen LogP) is 25.6. The average molecular weight is 1140 g/mol. The second kappa shape index (κ2) is 70.6. The van der Waals surface area contributed by atoms with E-state index in [9.17, 15) is 14.4 Å². The van der Waals surface area contributed by atoms with Gasteiger partial charge in [-0.25, -0.2) is 0 Å². The van der Waals surface area contributed by atoms with Crippen LogP contribution in [0.25, 0.3) is 0 Å². The first-order valence-electron chi connectivity index (χ1n) is 37.2. The number of rotatable bonds is 70. The molecule has 0 saturated carbocycles. The lowest BCUT2D eigenvalue weighted by atomic mass is 10.0. The van der Waals surface area contributed by atoms with Crippen LogP contribution in [0.4, 0.5) is 0 Å². The Morgan fingerprint density at radius 1 is 0.235 bits per heavy atom. The van der Waals surface area contributed by atoms with Crippen LogP contribution in [0.3, 0.4) is 0 Å². The molecule has 1 unspecified atom stereocenters. The largest absolute Gasteiger partial charge is 0.462 e. The molecule has 6 heteroatoms. The molecule has 0 rings (SSSR count). The van der Waals surface area contributed by atoms with Gasteiger partial charge >= 0.3 is 17.9 Å². The second-order valence-corrected chi connectivity index (χ2v) is 25.6. The molecule has 0 amide bonds. The van der Waals surface area contributed by atoms with Crippen molar-refractivity contribution in [2.45, 2.75) is 438 Å². The number of ether oxygens (including phenoxy) is 3. The Hall–Kier alpha value is -1.85. The molecule has 1 atom stereocenters. The summed E-state index contributed by atoms with van der Waals surface area (Å²) in [5.74, 6) is -0.838. The molecule has 0 aliphatic rings. The van der Waals surface area contributed by atoms with Gasteiger partial charge in [0.15, 0.2) is 6.10 Å². The maximum atomic E-state index is 12.9. The van der Waals surface area contributed by atoms with Crippen LogP contribution in [0.15, 0.2) is 12.2 Å². The highest BCUT2D eigenvalue weighted by atomic mass is 16.6. The van der Waals surface area contributed by atoms with Gasteiger partial charge in [-0.15, -0.1) is 0 Å². The van der Waals surface area contributed by atoms with E-state index in [1.165, 1.54) is 334 Å². The molecular weight excluding hydrogens is 997 g/mol. The maximum Gasteiger partial charge on any atom is 0.306 e. The molecule has 0 bridgehead atoms. The van der Waals surface area contributed by atoms with Gasteiger partial charge in [-0.2, -0.15) is 0 Å². The monoisotopic (exact) mass is 1140 g/mol. The minimum atomic E-state index is -0.768. The fourth-order valence-electron chi connectivity index (χ4n) is 11.7. The number of allylic oxidation sites excluding steroid dienone is 2. The Kier molecular flexibility index (Phi) is 69.0. The van der Waals surface area contributed by atoms with E-state index in [0.29, 0.717) is 19.3 Å². The maximum absolute atomic E-state index is 12.9. The van der Waals surface area contributed by atoms with Gasteiger partial charge in [0.2, 0.25) is 0 Å². The Morgan fingerprint density at radius 3 is 0.617 bits per heavy atom. The minimum absolute atomic E-state index is 0.0653. The summed E-state index contributed by atoms with van der Waals surface area (Å²) in [6.07, 6.45) is 85.7. The van der Waals surface area contributed by atoms with Crippen molar-refractivity contribution < 1.29 is 28.6 Å². The van der Waals surface area contributed by atoms with E-state index >= 15 is 0 Å². The molecule has 0 aromatic heterocycles. The summed E-state index contributed by atoms with van der Waals surface area (Å²) in [5.41, 5.74) is 0. The molecule has 0 heterocycles. The molecule has 0 aromatic carbocycles. The summed E-state index contributed by atoms with van der Waals surface area (Å²) in [6, 6.07) is 0. The average Bonchev–Trinajstić information content (AvgIpc) is 3.47. The van der Waals surface area contributed by atoms with E-state index in [2.05, 4.69) is 32.9 Å². The third-order valence-corrected chi connectivity index (χ3v) is 17.3. The van der Waals surface area contributed by atoms with Crippen LogP contribution in [0.2, 0.25) is 0 Å². The molecule has 0 aromatic rings. The predicted molar refractivity (Wildman–Crippen MR) is 353 cm³/mol. The van der Waals surface area contributed by atoms with Gasteiger partial charge in [0.25, 0.3) is 0 Å². The van der Waals surface area contributed by atoms with Gasteiger partial charge in [0.05, 0.1) is 0 Å². The Labute approximate surface area is 507 Å². The molecule has 81 heavy (non-hydrogen) atoms. The van der Waals surface area contributed by atoms with Gasteiger partial charge in [0, 0.05) is 19.3 Å². The fourth-order valence-corrected chi connectivity index (χ4v) is 11.7. The van der Waals surface area contributed by atoms with E-state index < -0.39 is 6.10 Å². The van der Waals surface area contributed by atoms with Crippen molar-refractivity contribution in [3.63, 3.8) is 0 Å². The molecule has 0 N–H and O–H groups in total. The van der Waals surface area contributed by atoms with Crippen LogP contribution in [-0.4, -0.2) is 37.2 Å². The number of hydrogen-bond acceptors (Lipinski definition) is 6. The lowest BCUT2D eigenvalue weighted by Gasteiger charge is -2.18. The molecule has 480 valence electrons. The molecule has 0 aliphatic carbocycles. The number of esters is 3. The normalized spacial score (nSPS) is 12.0. The summed E-state index contributed by atoms with van der Waals surface area (Å²) in [7, 11) is 0. The first-order valence-corrected chi connectivity index (χ1v) is 37.2. The highest BCUT2D eigenvalue weighted by Gasteiger charge is 2.20. The van der Waals surface area contributed by atoms with Crippen molar-refractivity contribution in [3.8, 4) is 0 Å². The number of hydrogen-bond donors (Lipinski definition) is 0. The van der Waals surface area contributed by atoms with Gasteiger partial charge < -0.3 is 14.2 Å². The molecular formula is C75H144O6. The van der Waals surface area contributed by atoms with E-state index in [0.717, 1.165) is 57.8 Å². The third-order valence-electron chi connectivity index (χ3n) is 17.3. The fraction of sp³-hybridized carbons (Fsp3) is 0.933. The van der Waals surface area contributed by atoms with Gasteiger partial charge in [-0.1, -0.05) is 380 Å². The topological polar surface area (TPSA) is 78.9 Å². The lowest BCUT2D eigenvalue weighted by Crippen LogP contribution is -2.30. The van der Waals surface area contributed by atoms with Crippen molar-refractivity contribution in [1.29, 1.82) is 0 Å². The smallest absolute Gasteiger partial charge is 0.306 e. The molecule has 0 fully saturated rings. The quantitative estimate of drug-likeness (QED) is 0.0261. The van der Waals surface area contributed by atoms with E-state index in [-0.39, 0.29) is 31.1 Å². The van der Waals surface area contributed by atoms with E-state index in [1.807, 2.05) is 0 Å². The molecule has 0 saturated heterocycles. The summed E-state index contributed by atoms with van der Waals surface area (Å²) >= 11 is 0. The number of carbonyl (C=O) groups excluding carboxylic acids is 3. The number of unbranched alkanes of at least 4 members (excludes halogenated alkanes) is 57. The summed E-state index contributed by atoms with van der Waals surface area (Å²) < 4.78 is 17.0. The van der Waals surface area contributed by atoms with Crippen molar-refractivity contribution >= 4 is 17.9 Å². The Balaban J connectivity index is 4.00. The lowest BCUT2D eigenvalue weighted by molar-refractivity contribution is -0.167. The molecule has 0 radical (unpaired) electrons. The summed E-state index contributed by atoms with van der Waals surface area (Å²) in [5, 5.41) is 0. The molecule has 6 nitrogen and oxygen atoms in total. The summed E-state index contributed by atoms with van der Waals surface area (Å²) in [6.45, 7) is 6.71. The van der Waals surface area contributed by atoms with Crippen LogP contribution >= 0.6 is 0 Å². The van der Waals surface area contributed by atoms with Gasteiger partial charge in [-0.05, 0) is 44.9 Å². The molecule has 0 aliphatic heterocycles. The number of carbonyl (C=O) groups is 3. The van der Waals surface area contributed by atoms with Crippen LogP contribution in [0.1, 0.15) is 432 Å². The minimum Gasteiger partial charge on any atom is -0.462 e. The zero-order chi connectivity index (χ0) is 58.5. The highest BCUT2D eigenvalue weighted by molar-refractivity contribution is 5.71. The Bertz CT molecular complexity index is 1260. The first-order chi connectivity index (χ1) is 40.0. The third kappa shape index (κ3) is 68.8. The SMILES string of the molecule is CCCCCCCC/C=C\CCCCCCCCCC(=O)OC(COC(=O)CCCCCCCCCCCCC)COC(=O)CCCCCCCCCCCCCCCCCCCCCCCCCCCCCCCCCCCCC. The van der Waals surface area contributed by atoms with Crippen molar-refractivity contribution in [3.05, 3.63) is 12.2 Å². The van der Waals surface area contributed by atoms with Crippen molar-refractivity contribution in [2.75, 3.05) is 13.2 Å². The highest BCUT2D eigenvalue weighted by Crippen LogP contribution is 2.20. The van der Waals surface area contributed by atoms with Crippen molar-refractivity contribution in [1.82, 2.24) is 0 Å². The van der Waals surface area contributed by atoms with Gasteiger partial charge in [0.1, 0.15) is 13.2 Å². The zero-order valence-corrected chi connectivity index (χ0v) is 55.4. The standard InChI is InChI=1S/C75H144O6/c1-4-7-10-13-16-19-22-24-26-28-29-30-31-32-33-34-35-36-37-38-39-40-41-42-43-44-45-47-48-50-53-56-59-62-65-68-74(77)80-71-72(70-79-73(76)67-64-61-58-55-52-21-18-15-12-9-6-3)81-75(78)69-66-63-60-57-54-51-49-46-27-25-23-20-17-14-11-8-5-2/h25,27,72H,4-24,26,28-71H2,1-3H3/b27-25-. The van der Waals surface area contributed by atoms with Gasteiger partial charge in [-0.3, -0.25) is 14.4 Å². The Morgan fingerprint density at radius 2 is 0.407 bits per heavy atom. The molecule has 0 spiro atoms. The van der Waals surface area contributed by atoms with Crippen LogP contribution < -0.4 is 0 Å². The van der Waals surface area contributed by atoms with Crippen LogP contribution in [0.5, 0.6) is 0 Å². The second-order valence-electron chi connectivity index (χ2n) is 25.6. The van der Waals surface area contributed by atoms with E-state index in [1.54, 1.807) is 0 Å².